The van der Waals surface area contributed by atoms with E-state index < -0.39 is 0 Å². The zero-order valence-electron chi connectivity index (χ0n) is 11.1. The molecule has 0 saturated heterocycles. The predicted octanol–water partition coefficient (Wildman–Crippen LogP) is 2.94. The van der Waals surface area contributed by atoms with Crippen LogP contribution in [0, 0.1) is 5.92 Å². The number of halogens is 1. The average molecular weight is 256 g/mol. The minimum atomic E-state index is 0.620. The Hall–Kier alpha value is -0.800. The summed E-state index contributed by atoms with van der Waals surface area (Å²) < 4.78 is 0. The highest BCUT2D eigenvalue weighted by Gasteiger charge is 2.08. The van der Waals surface area contributed by atoms with Gasteiger partial charge in [0.1, 0.15) is 5.82 Å². The van der Waals surface area contributed by atoms with Gasteiger partial charge < -0.3 is 10.2 Å². The second-order valence-corrected chi connectivity index (χ2v) is 5.10. The molecule has 1 rings (SSSR count). The molecule has 0 bridgehead atoms. The van der Waals surface area contributed by atoms with E-state index in [-0.39, 0.29) is 0 Å². The Morgan fingerprint density at radius 3 is 2.76 bits per heavy atom. The minimum absolute atomic E-state index is 0.620. The third-order valence-electron chi connectivity index (χ3n) is 2.52. The van der Waals surface area contributed by atoms with Crippen LogP contribution in [-0.2, 0) is 6.54 Å². The predicted molar refractivity (Wildman–Crippen MR) is 74.7 cm³/mol. The number of nitrogens with one attached hydrogen (secondary N) is 1. The summed E-state index contributed by atoms with van der Waals surface area (Å²) in [6, 6.07) is 2.06. The molecule has 1 aromatic rings. The molecule has 0 spiro atoms. The van der Waals surface area contributed by atoms with E-state index >= 15 is 0 Å². The van der Waals surface area contributed by atoms with Crippen molar-refractivity contribution in [1.29, 1.82) is 0 Å². The first-order chi connectivity index (χ1) is 8.04. The standard InChI is InChI=1S/C13H22ClN3/c1-5-15-7-11-6-13(16-8-12(11)14)17(4)9-10(2)3/h6,8,10,15H,5,7,9H2,1-4H3. The summed E-state index contributed by atoms with van der Waals surface area (Å²) in [5.41, 5.74) is 1.11. The minimum Gasteiger partial charge on any atom is -0.359 e. The van der Waals surface area contributed by atoms with E-state index in [2.05, 4.69) is 49.1 Å². The zero-order chi connectivity index (χ0) is 12.8. The highest BCUT2D eigenvalue weighted by atomic mass is 35.5. The van der Waals surface area contributed by atoms with Gasteiger partial charge in [-0.05, 0) is 24.1 Å². The van der Waals surface area contributed by atoms with Crippen molar-refractivity contribution < 1.29 is 0 Å². The molecule has 0 unspecified atom stereocenters. The molecule has 0 atom stereocenters. The van der Waals surface area contributed by atoms with Gasteiger partial charge in [0.2, 0.25) is 0 Å². The fourth-order valence-corrected chi connectivity index (χ4v) is 1.88. The fraction of sp³-hybridized carbons (Fsp3) is 0.615. The van der Waals surface area contributed by atoms with Gasteiger partial charge in [-0.1, -0.05) is 32.4 Å². The molecule has 0 fully saturated rings. The number of anilines is 1. The topological polar surface area (TPSA) is 28.2 Å². The molecule has 1 heterocycles. The van der Waals surface area contributed by atoms with Crippen LogP contribution in [0.2, 0.25) is 5.02 Å². The number of pyridine rings is 1. The van der Waals surface area contributed by atoms with E-state index in [9.17, 15) is 0 Å². The van der Waals surface area contributed by atoms with Crippen LogP contribution in [0.5, 0.6) is 0 Å². The number of rotatable bonds is 6. The van der Waals surface area contributed by atoms with E-state index in [0.717, 1.165) is 36.0 Å². The van der Waals surface area contributed by atoms with E-state index in [0.29, 0.717) is 5.92 Å². The van der Waals surface area contributed by atoms with Crippen LogP contribution in [0.1, 0.15) is 26.3 Å². The summed E-state index contributed by atoms with van der Waals surface area (Å²) in [6.45, 7) is 9.21. The summed E-state index contributed by atoms with van der Waals surface area (Å²) in [6.07, 6.45) is 1.74. The monoisotopic (exact) mass is 255 g/mol. The molecule has 0 aliphatic rings. The quantitative estimate of drug-likeness (QED) is 0.847. The van der Waals surface area contributed by atoms with Crippen LogP contribution in [0.3, 0.4) is 0 Å². The zero-order valence-corrected chi connectivity index (χ0v) is 11.9. The first-order valence-electron chi connectivity index (χ1n) is 6.10. The van der Waals surface area contributed by atoms with Gasteiger partial charge in [0.25, 0.3) is 0 Å². The summed E-state index contributed by atoms with van der Waals surface area (Å²) in [4.78, 5) is 6.53. The van der Waals surface area contributed by atoms with E-state index in [1.807, 2.05) is 0 Å². The molecule has 0 radical (unpaired) electrons. The Labute approximate surface area is 109 Å². The van der Waals surface area contributed by atoms with Crippen molar-refractivity contribution in [3.8, 4) is 0 Å². The lowest BCUT2D eigenvalue weighted by molar-refractivity contribution is 0.634. The molecule has 0 aliphatic heterocycles. The molecular formula is C13H22ClN3. The van der Waals surface area contributed by atoms with Crippen molar-refractivity contribution in [2.75, 3.05) is 25.0 Å². The van der Waals surface area contributed by atoms with Gasteiger partial charge in [-0.2, -0.15) is 0 Å². The van der Waals surface area contributed by atoms with Crippen LogP contribution in [0.15, 0.2) is 12.3 Å². The smallest absolute Gasteiger partial charge is 0.128 e. The van der Waals surface area contributed by atoms with Crippen molar-refractivity contribution in [3.05, 3.63) is 22.8 Å². The average Bonchev–Trinajstić information content (AvgIpc) is 2.27. The van der Waals surface area contributed by atoms with Gasteiger partial charge in [-0.25, -0.2) is 4.98 Å². The normalized spacial score (nSPS) is 10.9. The van der Waals surface area contributed by atoms with Crippen molar-refractivity contribution in [3.63, 3.8) is 0 Å². The maximum absolute atomic E-state index is 6.12. The Bertz CT molecular complexity index is 353. The molecule has 0 amide bonds. The van der Waals surface area contributed by atoms with Crippen molar-refractivity contribution >= 4 is 17.4 Å². The Morgan fingerprint density at radius 2 is 2.18 bits per heavy atom. The van der Waals surface area contributed by atoms with Crippen molar-refractivity contribution in [1.82, 2.24) is 10.3 Å². The first-order valence-corrected chi connectivity index (χ1v) is 6.48. The number of hydrogen-bond donors (Lipinski definition) is 1. The highest BCUT2D eigenvalue weighted by Crippen LogP contribution is 2.20. The second-order valence-electron chi connectivity index (χ2n) is 4.69. The van der Waals surface area contributed by atoms with Crippen LogP contribution in [-0.4, -0.2) is 25.1 Å². The molecule has 1 N–H and O–H groups in total. The lowest BCUT2D eigenvalue weighted by Crippen LogP contribution is -2.24. The Balaban J connectivity index is 2.80. The van der Waals surface area contributed by atoms with Crippen molar-refractivity contribution in [2.45, 2.75) is 27.3 Å². The summed E-state index contributed by atoms with van der Waals surface area (Å²) in [7, 11) is 2.06. The van der Waals surface area contributed by atoms with Crippen LogP contribution < -0.4 is 10.2 Å². The van der Waals surface area contributed by atoms with Gasteiger partial charge in [0, 0.05) is 26.3 Å². The van der Waals surface area contributed by atoms with Crippen molar-refractivity contribution in [2.24, 2.45) is 5.92 Å². The molecule has 3 nitrogen and oxygen atoms in total. The summed E-state index contributed by atoms with van der Waals surface area (Å²) >= 11 is 6.12. The Morgan fingerprint density at radius 1 is 1.47 bits per heavy atom. The molecule has 4 heteroatoms. The first kappa shape index (κ1) is 14.3. The van der Waals surface area contributed by atoms with Crippen LogP contribution in [0.25, 0.3) is 0 Å². The van der Waals surface area contributed by atoms with E-state index in [4.69, 9.17) is 11.6 Å². The summed E-state index contributed by atoms with van der Waals surface area (Å²) in [5, 5.41) is 4.01. The second kappa shape index (κ2) is 6.82. The van der Waals surface area contributed by atoms with Gasteiger partial charge in [-0.3, -0.25) is 0 Å². The van der Waals surface area contributed by atoms with Gasteiger partial charge in [-0.15, -0.1) is 0 Å². The fourth-order valence-electron chi connectivity index (χ4n) is 1.71. The van der Waals surface area contributed by atoms with E-state index in [1.54, 1.807) is 6.20 Å². The lowest BCUT2D eigenvalue weighted by Gasteiger charge is -2.21. The third-order valence-corrected chi connectivity index (χ3v) is 2.86. The molecule has 0 aromatic carbocycles. The number of nitrogens with zero attached hydrogens (tertiary/aromatic N) is 2. The Kier molecular flexibility index (Phi) is 5.72. The number of aromatic nitrogens is 1. The molecular weight excluding hydrogens is 234 g/mol. The van der Waals surface area contributed by atoms with Crippen LogP contribution in [0.4, 0.5) is 5.82 Å². The highest BCUT2D eigenvalue weighted by molar-refractivity contribution is 6.31. The van der Waals surface area contributed by atoms with Gasteiger partial charge >= 0.3 is 0 Å². The SMILES string of the molecule is CCNCc1cc(N(C)CC(C)C)ncc1Cl. The van der Waals surface area contributed by atoms with E-state index in [1.165, 1.54) is 0 Å². The third kappa shape index (κ3) is 4.52. The molecule has 0 aliphatic carbocycles. The lowest BCUT2D eigenvalue weighted by atomic mass is 10.2. The maximum atomic E-state index is 6.12. The van der Waals surface area contributed by atoms with Crippen LogP contribution >= 0.6 is 11.6 Å². The summed E-state index contributed by atoms with van der Waals surface area (Å²) in [5.74, 6) is 1.60. The maximum Gasteiger partial charge on any atom is 0.128 e. The molecule has 1 aromatic heterocycles. The van der Waals surface area contributed by atoms with Gasteiger partial charge in [0.05, 0.1) is 5.02 Å². The van der Waals surface area contributed by atoms with Gasteiger partial charge in [0.15, 0.2) is 0 Å². The largest absolute Gasteiger partial charge is 0.359 e. The molecule has 96 valence electrons. The molecule has 0 saturated carbocycles. The number of hydrogen-bond acceptors (Lipinski definition) is 3. The molecule has 17 heavy (non-hydrogen) atoms.